The number of rotatable bonds is 4. The molecular formula is C13H23NO6. The molecule has 7 heteroatoms. The maximum absolute atomic E-state index is 11.7. The van der Waals surface area contributed by atoms with Crippen molar-refractivity contribution in [1.82, 2.24) is 4.90 Å². The van der Waals surface area contributed by atoms with Gasteiger partial charge >= 0.3 is 6.09 Å². The zero-order valence-corrected chi connectivity index (χ0v) is 12.4. The Balaban J connectivity index is 1.83. The van der Waals surface area contributed by atoms with Crippen LogP contribution in [0, 0.1) is 0 Å². The number of aliphatic hydroxyl groups is 1. The second kappa shape index (κ2) is 5.85. The standard InChI is InChI=1S/C13H23NO6/c1-5-14(6-2)12(16)17-7-8-9(15)10-11(18-8)20-13(3,4)19-10/h8-11,15H,5-7H2,1-4H3/t8?,9?,10-,11-/m1/s1. The first kappa shape index (κ1) is 15.5. The molecule has 2 unspecified atom stereocenters. The second-order valence-electron chi connectivity index (χ2n) is 5.38. The summed E-state index contributed by atoms with van der Waals surface area (Å²) in [5.41, 5.74) is 0. The van der Waals surface area contributed by atoms with Crippen molar-refractivity contribution in [3.8, 4) is 0 Å². The van der Waals surface area contributed by atoms with Crippen LogP contribution in [-0.4, -0.2) is 66.2 Å². The molecule has 0 aromatic heterocycles. The fraction of sp³-hybridized carbons (Fsp3) is 0.923. The van der Waals surface area contributed by atoms with Crippen LogP contribution < -0.4 is 0 Å². The summed E-state index contributed by atoms with van der Waals surface area (Å²) in [6, 6.07) is 0. The van der Waals surface area contributed by atoms with Crippen LogP contribution in [0.5, 0.6) is 0 Å². The number of ether oxygens (including phenoxy) is 4. The van der Waals surface area contributed by atoms with E-state index in [1.807, 2.05) is 13.8 Å². The van der Waals surface area contributed by atoms with Crippen molar-refractivity contribution in [1.29, 1.82) is 0 Å². The van der Waals surface area contributed by atoms with E-state index in [0.29, 0.717) is 13.1 Å². The van der Waals surface area contributed by atoms with Crippen LogP contribution in [0.2, 0.25) is 0 Å². The fourth-order valence-electron chi connectivity index (χ4n) is 2.42. The van der Waals surface area contributed by atoms with E-state index in [0.717, 1.165) is 0 Å². The molecule has 1 N–H and O–H groups in total. The largest absolute Gasteiger partial charge is 0.447 e. The molecular weight excluding hydrogens is 266 g/mol. The van der Waals surface area contributed by atoms with Gasteiger partial charge in [-0.3, -0.25) is 0 Å². The lowest BCUT2D eigenvalue weighted by atomic mass is 10.1. The molecule has 0 radical (unpaired) electrons. The summed E-state index contributed by atoms with van der Waals surface area (Å²) in [6.07, 6.45) is -3.06. The predicted molar refractivity (Wildman–Crippen MR) is 69.0 cm³/mol. The van der Waals surface area contributed by atoms with Crippen LogP contribution >= 0.6 is 0 Å². The first-order valence-electron chi connectivity index (χ1n) is 6.98. The third-order valence-corrected chi connectivity index (χ3v) is 3.51. The quantitative estimate of drug-likeness (QED) is 0.821. The van der Waals surface area contributed by atoms with Gasteiger partial charge in [0, 0.05) is 13.1 Å². The Labute approximate surface area is 118 Å². The van der Waals surface area contributed by atoms with Gasteiger partial charge in [0.15, 0.2) is 12.1 Å². The lowest BCUT2D eigenvalue weighted by Crippen LogP contribution is -2.39. The van der Waals surface area contributed by atoms with Crippen LogP contribution in [0.4, 0.5) is 4.79 Å². The van der Waals surface area contributed by atoms with Crippen LogP contribution in [0.1, 0.15) is 27.7 Å². The molecule has 2 aliphatic rings. The highest BCUT2D eigenvalue weighted by molar-refractivity contribution is 5.67. The molecule has 20 heavy (non-hydrogen) atoms. The molecule has 0 aromatic rings. The van der Waals surface area contributed by atoms with Gasteiger partial charge < -0.3 is 29.0 Å². The lowest BCUT2D eigenvalue weighted by molar-refractivity contribution is -0.218. The molecule has 0 bridgehead atoms. The average molecular weight is 289 g/mol. The lowest BCUT2D eigenvalue weighted by Gasteiger charge is -2.24. The van der Waals surface area contributed by atoms with Crippen molar-refractivity contribution >= 4 is 6.09 Å². The predicted octanol–water partition coefficient (Wildman–Crippen LogP) is 0.702. The molecule has 0 saturated carbocycles. The Morgan fingerprint density at radius 3 is 2.50 bits per heavy atom. The molecule has 1 amide bonds. The van der Waals surface area contributed by atoms with Crippen LogP contribution in [0.15, 0.2) is 0 Å². The number of fused-ring (bicyclic) bond motifs is 1. The van der Waals surface area contributed by atoms with Crippen molar-refractivity contribution in [2.45, 2.75) is 58.1 Å². The molecule has 2 aliphatic heterocycles. The summed E-state index contributed by atoms with van der Waals surface area (Å²) in [7, 11) is 0. The van der Waals surface area contributed by atoms with E-state index in [2.05, 4.69) is 0 Å². The van der Waals surface area contributed by atoms with E-state index in [9.17, 15) is 9.90 Å². The monoisotopic (exact) mass is 289 g/mol. The minimum absolute atomic E-state index is 0.0172. The van der Waals surface area contributed by atoms with Gasteiger partial charge in [-0.2, -0.15) is 0 Å². The van der Waals surface area contributed by atoms with E-state index in [1.54, 1.807) is 18.7 Å². The Bertz CT molecular complexity index is 357. The van der Waals surface area contributed by atoms with Crippen molar-refractivity contribution in [3.63, 3.8) is 0 Å². The molecule has 2 saturated heterocycles. The second-order valence-corrected chi connectivity index (χ2v) is 5.38. The number of hydrogen-bond acceptors (Lipinski definition) is 6. The smallest absolute Gasteiger partial charge is 0.409 e. The summed E-state index contributed by atoms with van der Waals surface area (Å²) in [5, 5.41) is 10.1. The summed E-state index contributed by atoms with van der Waals surface area (Å²) in [4.78, 5) is 13.3. The summed E-state index contributed by atoms with van der Waals surface area (Å²) < 4.78 is 21.8. The Morgan fingerprint density at radius 1 is 1.30 bits per heavy atom. The van der Waals surface area contributed by atoms with E-state index in [4.69, 9.17) is 18.9 Å². The van der Waals surface area contributed by atoms with Gasteiger partial charge in [-0.1, -0.05) is 0 Å². The van der Waals surface area contributed by atoms with Gasteiger partial charge in [-0.05, 0) is 27.7 Å². The van der Waals surface area contributed by atoms with Gasteiger partial charge in [-0.15, -0.1) is 0 Å². The Kier molecular flexibility index (Phi) is 4.53. The van der Waals surface area contributed by atoms with Crippen LogP contribution in [-0.2, 0) is 18.9 Å². The minimum atomic E-state index is -0.869. The number of carbonyl (C=O) groups is 1. The number of carbonyl (C=O) groups excluding carboxylic acids is 1. The van der Waals surface area contributed by atoms with Gasteiger partial charge in [0.25, 0.3) is 0 Å². The van der Waals surface area contributed by atoms with Crippen molar-refractivity contribution in [3.05, 3.63) is 0 Å². The molecule has 0 spiro atoms. The van der Waals surface area contributed by atoms with Crippen molar-refractivity contribution < 1.29 is 28.8 Å². The highest BCUT2D eigenvalue weighted by Crippen LogP contribution is 2.37. The normalized spacial score (nSPS) is 34.9. The summed E-state index contributed by atoms with van der Waals surface area (Å²) >= 11 is 0. The van der Waals surface area contributed by atoms with Gasteiger partial charge in [-0.25, -0.2) is 4.79 Å². The van der Waals surface area contributed by atoms with E-state index in [-0.39, 0.29) is 6.61 Å². The van der Waals surface area contributed by atoms with Crippen LogP contribution in [0.25, 0.3) is 0 Å². The number of nitrogens with zero attached hydrogens (tertiary/aromatic N) is 1. The molecule has 2 rings (SSSR count). The fourth-order valence-corrected chi connectivity index (χ4v) is 2.42. The highest BCUT2D eigenvalue weighted by Gasteiger charge is 2.54. The number of amides is 1. The molecule has 2 heterocycles. The van der Waals surface area contributed by atoms with Gasteiger partial charge in [0.05, 0.1) is 0 Å². The SMILES string of the molecule is CCN(CC)C(=O)OCC1O[C@@H]2OC(C)(C)O[C@@H]2C1O. The molecule has 0 aliphatic carbocycles. The Hall–Kier alpha value is -0.890. The average Bonchev–Trinajstić information content (AvgIpc) is 2.83. The molecule has 2 fully saturated rings. The number of aliphatic hydroxyl groups excluding tert-OH is 1. The Morgan fingerprint density at radius 2 is 1.95 bits per heavy atom. The van der Waals surface area contributed by atoms with Crippen molar-refractivity contribution in [2.75, 3.05) is 19.7 Å². The first-order chi connectivity index (χ1) is 9.38. The summed E-state index contributed by atoms with van der Waals surface area (Å²) in [5.74, 6) is -0.765. The zero-order valence-electron chi connectivity index (χ0n) is 12.4. The van der Waals surface area contributed by atoms with Gasteiger partial charge in [0.1, 0.15) is 24.9 Å². The molecule has 4 atom stereocenters. The topological polar surface area (TPSA) is 77.5 Å². The minimum Gasteiger partial charge on any atom is -0.447 e. The molecule has 116 valence electrons. The van der Waals surface area contributed by atoms with E-state index >= 15 is 0 Å². The zero-order chi connectivity index (χ0) is 14.9. The van der Waals surface area contributed by atoms with Gasteiger partial charge in [0.2, 0.25) is 0 Å². The van der Waals surface area contributed by atoms with E-state index < -0.39 is 36.5 Å². The first-order valence-corrected chi connectivity index (χ1v) is 6.98. The molecule has 7 nitrogen and oxygen atoms in total. The van der Waals surface area contributed by atoms with E-state index in [1.165, 1.54) is 0 Å². The van der Waals surface area contributed by atoms with Crippen molar-refractivity contribution in [2.24, 2.45) is 0 Å². The third-order valence-electron chi connectivity index (χ3n) is 3.51. The molecule has 0 aromatic carbocycles. The number of hydrogen-bond donors (Lipinski definition) is 1. The third kappa shape index (κ3) is 3.06. The maximum atomic E-state index is 11.7. The highest BCUT2D eigenvalue weighted by atomic mass is 16.8. The summed E-state index contributed by atoms with van der Waals surface area (Å²) in [6.45, 7) is 8.41. The van der Waals surface area contributed by atoms with Crippen LogP contribution in [0.3, 0.4) is 0 Å². The maximum Gasteiger partial charge on any atom is 0.409 e.